The molecular formula is C8H14O. The van der Waals surface area contributed by atoms with Gasteiger partial charge in [0.05, 0.1) is 0 Å². The van der Waals surface area contributed by atoms with Crippen LogP contribution in [0.25, 0.3) is 0 Å². The molecule has 0 spiro atoms. The van der Waals surface area contributed by atoms with Crippen LogP contribution < -0.4 is 0 Å². The Hall–Kier alpha value is -0.0400. The van der Waals surface area contributed by atoms with Crippen molar-refractivity contribution in [2.45, 2.75) is 25.7 Å². The van der Waals surface area contributed by atoms with Crippen LogP contribution in [0.1, 0.15) is 25.7 Å². The molecule has 0 aromatic carbocycles. The third-order valence-corrected chi connectivity index (χ3v) is 3.12. The Kier molecular flexibility index (Phi) is 1.26. The third-order valence-electron chi connectivity index (χ3n) is 3.12. The maximum Gasteiger partial charge on any atom is 0.0462 e. The predicted octanol–water partition coefficient (Wildman–Crippen LogP) is 1.41. The number of hydrogen-bond donors (Lipinski definition) is 1. The number of hydrogen-bond acceptors (Lipinski definition) is 1. The highest BCUT2D eigenvalue weighted by molar-refractivity contribution is 4.89. The first-order valence-electron chi connectivity index (χ1n) is 4.01. The van der Waals surface area contributed by atoms with Crippen molar-refractivity contribution < 1.29 is 5.11 Å². The van der Waals surface area contributed by atoms with Crippen LogP contribution in [-0.2, 0) is 0 Å². The fourth-order valence-corrected chi connectivity index (χ4v) is 2.60. The minimum Gasteiger partial charge on any atom is -0.396 e. The minimum atomic E-state index is 0.446. The molecule has 2 saturated carbocycles. The van der Waals surface area contributed by atoms with E-state index in [1.165, 1.54) is 25.7 Å². The molecule has 2 fully saturated rings. The Bertz CT molecular complexity index is 111. The van der Waals surface area contributed by atoms with E-state index in [0.29, 0.717) is 12.5 Å². The van der Waals surface area contributed by atoms with Crippen molar-refractivity contribution in [3.8, 4) is 0 Å². The molecule has 2 rings (SSSR count). The molecule has 2 bridgehead atoms. The van der Waals surface area contributed by atoms with Crippen LogP contribution in [0.5, 0.6) is 0 Å². The molecule has 0 radical (unpaired) electrons. The highest BCUT2D eigenvalue weighted by atomic mass is 16.3. The summed E-state index contributed by atoms with van der Waals surface area (Å²) in [5.41, 5.74) is 0. The van der Waals surface area contributed by atoms with Crippen molar-refractivity contribution in [3.05, 3.63) is 0 Å². The zero-order valence-corrected chi connectivity index (χ0v) is 5.71. The van der Waals surface area contributed by atoms with Crippen molar-refractivity contribution in [1.82, 2.24) is 0 Å². The van der Waals surface area contributed by atoms with Crippen molar-refractivity contribution in [2.75, 3.05) is 6.61 Å². The fourth-order valence-electron chi connectivity index (χ4n) is 2.60. The molecule has 0 heterocycles. The first kappa shape index (κ1) is 5.72. The molecule has 9 heavy (non-hydrogen) atoms. The summed E-state index contributed by atoms with van der Waals surface area (Å²) >= 11 is 0. The SMILES string of the molecule is OC[C@H]1CC2CCC1C2. The van der Waals surface area contributed by atoms with Crippen LogP contribution in [0.3, 0.4) is 0 Å². The van der Waals surface area contributed by atoms with Gasteiger partial charge in [0.25, 0.3) is 0 Å². The van der Waals surface area contributed by atoms with E-state index in [-0.39, 0.29) is 0 Å². The van der Waals surface area contributed by atoms with E-state index in [4.69, 9.17) is 5.11 Å². The van der Waals surface area contributed by atoms with Crippen LogP contribution in [0.2, 0.25) is 0 Å². The monoisotopic (exact) mass is 126 g/mol. The van der Waals surface area contributed by atoms with E-state index in [2.05, 4.69) is 0 Å². The average Bonchev–Trinajstić information content (AvgIpc) is 2.45. The van der Waals surface area contributed by atoms with E-state index in [0.717, 1.165) is 11.8 Å². The van der Waals surface area contributed by atoms with Crippen molar-refractivity contribution >= 4 is 0 Å². The van der Waals surface area contributed by atoms with Crippen LogP contribution in [0.4, 0.5) is 0 Å². The van der Waals surface area contributed by atoms with Crippen LogP contribution >= 0.6 is 0 Å². The summed E-state index contributed by atoms with van der Waals surface area (Å²) in [6.45, 7) is 0.446. The average molecular weight is 126 g/mol. The maximum absolute atomic E-state index is 8.89. The molecule has 1 heteroatoms. The van der Waals surface area contributed by atoms with Gasteiger partial charge in [-0.15, -0.1) is 0 Å². The first-order valence-corrected chi connectivity index (χ1v) is 4.01. The Labute approximate surface area is 56.1 Å². The molecule has 2 aliphatic carbocycles. The Morgan fingerprint density at radius 1 is 1.22 bits per heavy atom. The summed E-state index contributed by atoms with van der Waals surface area (Å²) < 4.78 is 0. The minimum absolute atomic E-state index is 0.446. The Morgan fingerprint density at radius 3 is 2.44 bits per heavy atom. The lowest BCUT2D eigenvalue weighted by atomic mass is 9.90. The normalized spacial score (nSPS) is 48.3. The summed E-state index contributed by atoms with van der Waals surface area (Å²) in [6, 6.07) is 0. The summed E-state index contributed by atoms with van der Waals surface area (Å²) in [4.78, 5) is 0. The van der Waals surface area contributed by atoms with Gasteiger partial charge in [0, 0.05) is 6.61 Å². The second-order valence-corrected chi connectivity index (χ2v) is 3.62. The van der Waals surface area contributed by atoms with Crippen molar-refractivity contribution in [2.24, 2.45) is 17.8 Å². The standard InChI is InChI=1S/C8H14O/c9-5-8-4-6-1-2-7(8)3-6/h6-9H,1-5H2/t6?,7?,8-/m1/s1. The van der Waals surface area contributed by atoms with Gasteiger partial charge in [-0.2, -0.15) is 0 Å². The number of aliphatic hydroxyl groups excluding tert-OH is 1. The second-order valence-electron chi connectivity index (χ2n) is 3.62. The zero-order chi connectivity index (χ0) is 6.27. The molecule has 1 nitrogen and oxygen atoms in total. The van der Waals surface area contributed by atoms with Gasteiger partial charge in [-0.25, -0.2) is 0 Å². The number of rotatable bonds is 1. The molecule has 0 saturated heterocycles. The van der Waals surface area contributed by atoms with Crippen LogP contribution in [-0.4, -0.2) is 11.7 Å². The topological polar surface area (TPSA) is 20.2 Å². The summed E-state index contributed by atoms with van der Waals surface area (Å²) in [5, 5.41) is 8.89. The summed E-state index contributed by atoms with van der Waals surface area (Å²) in [6.07, 6.45) is 5.59. The van der Waals surface area contributed by atoms with Crippen molar-refractivity contribution in [1.29, 1.82) is 0 Å². The second kappa shape index (κ2) is 1.98. The largest absolute Gasteiger partial charge is 0.396 e. The molecule has 1 N–H and O–H groups in total. The number of aliphatic hydroxyl groups is 1. The molecule has 0 aromatic heterocycles. The summed E-state index contributed by atoms with van der Waals surface area (Å²) in [5.74, 6) is 2.58. The van der Waals surface area contributed by atoms with E-state index >= 15 is 0 Å². The predicted molar refractivity (Wildman–Crippen MR) is 36.0 cm³/mol. The highest BCUT2D eigenvalue weighted by Gasteiger charge is 2.38. The zero-order valence-electron chi connectivity index (χ0n) is 5.71. The van der Waals surface area contributed by atoms with Gasteiger partial charge in [0.2, 0.25) is 0 Å². The maximum atomic E-state index is 8.89. The number of fused-ring (bicyclic) bond motifs is 2. The van der Waals surface area contributed by atoms with Gasteiger partial charge in [0.1, 0.15) is 0 Å². The van der Waals surface area contributed by atoms with Gasteiger partial charge in [-0.3, -0.25) is 0 Å². The third kappa shape index (κ3) is 0.787. The quantitative estimate of drug-likeness (QED) is 0.563. The lowest BCUT2D eigenvalue weighted by molar-refractivity contribution is 0.177. The first-order chi connectivity index (χ1) is 4.40. The van der Waals surface area contributed by atoms with Crippen molar-refractivity contribution in [3.63, 3.8) is 0 Å². The van der Waals surface area contributed by atoms with E-state index in [1.54, 1.807) is 0 Å². The van der Waals surface area contributed by atoms with E-state index in [1.807, 2.05) is 0 Å². The highest BCUT2D eigenvalue weighted by Crippen LogP contribution is 2.47. The molecule has 0 aromatic rings. The molecule has 0 aliphatic heterocycles. The molecular weight excluding hydrogens is 112 g/mol. The molecule has 52 valence electrons. The fraction of sp³-hybridized carbons (Fsp3) is 1.00. The van der Waals surface area contributed by atoms with E-state index < -0.39 is 0 Å². The van der Waals surface area contributed by atoms with Gasteiger partial charge in [-0.1, -0.05) is 6.42 Å². The lowest BCUT2D eigenvalue weighted by Crippen LogP contribution is -2.13. The van der Waals surface area contributed by atoms with Gasteiger partial charge in [-0.05, 0) is 37.0 Å². The molecule has 0 amide bonds. The van der Waals surface area contributed by atoms with Gasteiger partial charge >= 0.3 is 0 Å². The molecule has 2 aliphatic rings. The lowest BCUT2D eigenvalue weighted by Gasteiger charge is -2.18. The Morgan fingerprint density at radius 2 is 2.11 bits per heavy atom. The van der Waals surface area contributed by atoms with Gasteiger partial charge < -0.3 is 5.11 Å². The van der Waals surface area contributed by atoms with Crippen LogP contribution in [0.15, 0.2) is 0 Å². The smallest absolute Gasteiger partial charge is 0.0462 e. The van der Waals surface area contributed by atoms with E-state index in [9.17, 15) is 0 Å². The molecule has 3 atom stereocenters. The Balaban J connectivity index is 2.01. The van der Waals surface area contributed by atoms with Gasteiger partial charge in [0.15, 0.2) is 0 Å². The summed E-state index contributed by atoms with van der Waals surface area (Å²) in [7, 11) is 0. The van der Waals surface area contributed by atoms with Crippen LogP contribution in [0, 0.1) is 17.8 Å². The molecule has 2 unspecified atom stereocenters.